The number of nitrogens with zero attached hydrogens (tertiary/aromatic N) is 1. The Balaban J connectivity index is 1.82. The minimum absolute atomic E-state index is 0.0779. The van der Waals surface area contributed by atoms with Crippen molar-refractivity contribution in [3.8, 4) is 5.75 Å². The second kappa shape index (κ2) is 7.45. The Morgan fingerprint density at radius 3 is 2.70 bits per heavy atom. The minimum atomic E-state index is 0.0779. The topological polar surface area (TPSA) is 67.8 Å². The van der Waals surface area contributed by atoms with Crippen LogP contribution in [0.4, 0.5) is 0 Å². The molecule has 0 bridgehead atoms. The molecule has 0 aliphatic heterocycles. The molecule has 5 heteroatoms. The van der Waals surface area contributed by atoms with Crippen LogP contribution in [0.25, 0.3) is 0 Å². The standard InChI is InChI=1S/C15H16N2O2S/c16-15(17-18)12-5-4-6-13(11-12)19-9-10-20-14-7-2-1-3-8-14/h1-8,11,18H,9-10H2,(H2,16,17). The molecule has 4 nitrogen and oxygen atoms in total. The highest BCUT2D eigenvalue weighted by molar-refractivity contribution is 7.99. The van der Waals surface area contributed by atoms with Gasteiger partial charge in [0.1, 0.15) is 5.75 Å². The van der Waals surface area contributed by atoms with Crippen LogP contribution in [0.5, 0.6) is 5.75 Å². The fourth-order valence-corrected chi connectivity index (χ4v) is 2.39. The Kier molecular flexibility index (Phi) is 5.32. The maximum Gasteiger partial charge on any atom is 0.170 e. The first-order valence-electron chi connectivity index (χ1n) is 6.18. The number of ether oxygens (including phenoxy) is 1. The molecular weight excluding hydrogens is 272 g/mol. The molecule has 3 N–H and O–H groups in total. The summed E-state index contributed by atoms with van der Waals surface area (Å²) in [6.07, 6.45) is 0. The summed E-state index contributed by atoms with van der Waals surface area (Å²) in [5, 5.41) is 11.6. The van der Waals surface area contributed by atoms with Crippen LogP contribution in [0.15, 0.2) is 64.6 Å². The molecule has 0 fully saturated rings. The summed E-state index contributed by atoms with van der Waals surface area (Å²) in [5.41, 5.74) is 6.17. The van der Waals surface area contributed by atoms with E-state index in [2.05, 4.69) is 17.3 Å². The molecule has 0 radical (unpaired) electrons. The number of hydrogen-bond donors (Lipinski definition) is 2. The summed E-state index contributed by atoms with van der Waals surface area (Å²) in [6.45, 7) is 0.596. The maximum atomic E-state index is 8.64. The fourth-order valence-electron chi connectivity index (χ4n) is 1.64. The molecule has 0 atom stereocenters. The molecule has 2 aromatic rings. The van der Waals surface area contributed by atoms with Gasteiger partial charge in [-0.15, -0.1) is 11.8 Å². The molecule has 0 heterocycles. The predicted molar refractivity (Wildman–Crippen MR) is 81.6 cm³/mol. The Morgan fingerprint density at radius 1 is 1.15 bits per heavy atom. The number of rotatable bonds is 6. The van der Waals surface area contributed by atoms with Crippen molar-refractivity contribution in [3.63, 3.8) is 0 Å². The molecule has 104 valence electrons. The number of amidine groups is 1. The zero-order valence-corrected chi connectivity index (χ0v) is 11.7. The van der Waals surface area contributed by atoms with Crippen molar-refractivity contribution in [1.29, 1.82) is 0 Å². The molecule has 20 heavy (non-hydrogen) atoms. The zero-order valence-electron chi connectivity index (χ0n) is 10.9. The summed E-state index contributed by atoms with van der Waals surface area (Å²) >= 11 is 1.74. The molecule has 0 aliphatic carbocycles. The minimum Gasteiger partial charge on any atom is -0.493 e. The van der Waals surface area contributed by atoms with Crippen molar-refractivity contribution >= 4 is 17.6 Å². The fraction of sp³-hybridized carbons (Fsp3) is 0.133. The monoisotopic (exact) mass is 288 g/mol. The van der Waals surface area contributed by atoms with E-state index >= 15 is 0 Å². The number of oxime groups is 1. The lowest BCUT2D eigenvalue weighted by Crippen LogP contribution is -2.13. The largest absolute Gasteiger partial charge is 0.493 e. The van der Waals surface area contributed by atoms with Gasteiger partial charge in [-0.2, -0.15) is 0 Å². The van der Waals surface area contributed by atoms with E-state index in [4.69, 9.17) is 15.7 Å². The molecule has 0 aliphatic rings. The summed E-state index contributed by atoms with van der Waals surface area (Å²) in [5.74, 6) is 1.65. The average Bonchev–Trinajstić information content (AvgIpc) is 2.52. The van der Waals surface area contributed by atoms with Gasteiger partial charge in [-0.3, -0.25) is 0 Å². The molecule has 0 spiro atoms. The summed E-state index contributed by atoms with van der Waals surface area (Å²) in [6, 6.07) is 17.4. The smallest absolute Gasteiger partial charge is 0.170 e. The number of nitrogens with two attached hydrogens (primary N) is 1. The van der Waals surface area contributed by atoms with Gasteiger partial charge in [-0.05, 0) is 24.3 Å². The number of benzene rings is 2. The second-order valence-electron chi connectivity index (χ2n) is 4.02. The summed E-state index contributed by atoms with van der Waals surface area (Å²) in [7, 11) is 0. The van der Waals surface area contributed by atoms with Crippen molar-refractivity contribution < 1.29 is 9.94 Å². The predicted octanol–water partition coefficient (Wildman–Crippen LogP) is 2.95. The first kappa shape index (κ1) is 14.3. The SMILES string of the molecule is NC(=NO)c1cccc(OCCSc2ccccc2)c1. The maximum absolute atomic E-state index is 8.64. The molecular formula is C15H16N2O2S. The lowest BCUT2D eigenvalue weighted by atomic mass is 10.2. The molecule has 0 saturated heterocycles. The third kappa shape index (κ3) is 4.20. The van der Waals surface area contributed by atoms with E-state index in [-0.39, 0.29) is 5.84 Å². The van der Waals surface area contributed by atoms with E-state index < -0.39 is 0 Å². The van der Waals surface area contributed by atoms with Crippen LogP contribution in [0, 0.1) is 0 Å². The number of thioether (sulfide) groups is 1. The van der Waals surface area contributed by atoms with E-state index in [1.54, 1.807) is 23.9 Å². The highest BCUT2D eigenvalue weighted by Crippen LogP contribution is 2.18. The van der Waals surface area contributed by atoms with Gasteiger partial charge in [-0.1, -0.05) is 35.5 Å². The van der Waals surface area contributed by atoms with Gasteiger partial charge in [0.15, 0.2) is 5.84 Å². The lowest BCUT2D eigenvalue weighted by molar-refractivity contribution is 0.318. The van der Waals surface area contributed by atoms with Crippen molar-refractivity contribution in [2.45, 2.75) is 4.90 Å². The Hall–Kier alpha value is -2.14. The zero-order chi connectivity index (χ0) is 14.2. The third-order valence-electron chi connectivity index (χ3n) is 2.60. The molecule has 0 amide bonds. The molecule has 2 aromatic carbocycles. The van der Waals surface area contributed by atoms with E-state index in [0.29, 0.717) is 17.9 Å². The van der Waals surface area contributed by atoms with Crippen molar-refractivity contribution in [3.05, 3.63) is 60.2 Å². The van der Waals surface area contributed by atoms with E-state index in [1.165, 1.54) is 4.90 Å². The van der Waals surface area contributed by atoms with Crippen molar-refractivity contribution in [2.75, 3.05) is 12.4 Å². The Morgan fingerprint density at radius 2 is 1.95 bits per heavy atom. The van der Waals surface area contributed by atoms with Crippen molar-refractivity contribution in [2.24, 2.45) is 10.9 Å². The Labute approximate surface area is 122 Å². The van der Waals surface area contributed by atoms with E-state index in [9.17, 15) is 0 Å². The quantitative estimate of drug-likeness (QED) is 0.214. The van der Waals surface area contributed by atoms with Gasteiger partial charge in [0.2, 0.25) is 0 Å². The van der Waals surface area contributed by atoms with E-state index in [0.717, 1.165) is 5.75 Å². The number of hydrogen-bond acceptors (Lipinski definition) is 4. The summed E-state index contributed by atoms with van der Waals surface area (Å²) < 4.78 is 5.65. The normalized spacial score (nSPS) is 11.3. The van der Waals surface area contributed by atoms with Crippen LogP contribution < -0.4 is 10.5 Å². The van der Waals surface area contributed by atoms with Gasteiger partial charge in [0, 0.05) is 16.2 Å². The van der Waals surface area contributed by atoms with Crippen LogP contribution in [0.3, 0.4) is 0 Å². The second-order valence-corrected chi connectivity index (χ2v) is 5.19. The highest BCUT2D eigenvalue weighted by atomic mass is 32.2. The van der Waals surface area contributed by atoms with Crippen molar-refractivity contribution in [1.82, 2.24) is 0 Å². The Bertz CT molecular complexity index is 573. The van der Waals surface area contributed by atoms with Crippen LogP contribution in [-0.2, 0) is 0 Å². The van der Waals surface area contributed by atoms with Crippen LogP contribution in [0.1, 0.15) is 5.56 Å². The van der Waals surface area contributed by atoms with Crippen LogP contribution in [0.2, 0.25) is 0 Å². The van der Waals surface area contributed by atoms with Gasteiger partial charge in [0.05, 0.1) is 6.61 Å². The first-order valence-corrected chi connectivity index (χ1v) is 7.17. The van der Waals surface area contributed by atoms with Gasteiger partial charge in [-0.25, -0.2) is 0 Å². The summed E-state index contributed by atoms with van der Waals surface area (Å²) in [4.78, 5) is 1.22. The van der Waals surface area contributed by atoms with Gasteiger partial charge >= 0.3 is 0 Å². The lowest BCUT2D eigenvalue weighted by Gasteiger charge is -2.07. The third-order valence-corrected chi connectivity index (χ3v) is 3.58. The highest BCUT2D eigenvalue weighted by Gasteiger charge is 2.01. The molecule has 0 saturated carbocycles. The van der Waals surface area contributed by atoms with Gasteiger partial charge < -0.3 is 15.7 Å². The molecule has 0 aromatic heterocycles. The average molecular weight is 288 g/mol. The van der Waals surface area contributed by atoms with Gasteiger partial charge in [0.25, 0.3) is 0 Å². The first-order chi connectivity index (χ1) is 9.79. The molecule has 0 unspecified atom stereocenters. The molecule has 2 rings (SSSR count). The van der Waals surface area contributed by atoms with E-state index in [1.807, 2.05) is 30.3 Å². The van der Waals surface area contributed by atoms with Crippen LogP contribution >= 0.6 is 11.8 Å². The van der Waals surface area contributed by atoms with Crippen LogP contribution in [-0.4, -0.2) is 23.4 Å².